The summed E-state index contributed by atoms with van der Waals surface area (Å²) in [6.07, 6.45) is 0.629. The van der Waals surface area contributed by atoms with E-state index in [1.165, 1.54) is 52.0 Å². The van der Waals surface area contributed by atoms with Gasteiger partial charge in [0.15, 0.2) is 11.0 Å². The van der Waals surface area contributed by atoms with Crippen molar-refractivity contribution in [1.82, 2.24) is 20.1 Å². The van der Waals surface area contributed by atoms with Gasteiger partial charge in [-0.2, -0.15) is 4.99 Å². The van der Waals surface area contributed by atoms with Gasteiger partial charge in [-0.25, -0.2) is 14.5 Å². The van der Waals surface area contributed by atoms with Gasteiger partial charge in [-0.3, -0.25) is 0 Å². The number of halogens is 3. The summed E-state index contributed by atoms with van der Waals surface area (Å²) < 4.78 is 42.9. The Morgan fingerprint density at radius 1 is 1.00 bits per heavy atom. The van der Waals surface area contributed by atoms with Crippen LogP contribution in [0.25, 0.3) is 17.1 Å². The smallest absolute Gasteiger partial charge is 0.406 e. The second-order valence-electron chi connectivity index (χ2n) is 12.3. The molecule has 1 aliphatic heterocycles. The quantitative estimate of drug-likeness (QED) is 0.223. The van der Waals surface area contributed by atoms with Crippen molar-refractivity contribution in [3.63, 3.8) is 0 Å². The van der Waals surface area contributed by atoms with Gasteiger partial charge in [-0.1, -0.05) is 60.1 Å². The first kappa shape index (κ1) is 32.6. The second-order valence-corrected chi connectivity index (χ2v) is 13.3. The van der Waals surface area contributed by atoms with Gasteiger partial charge in [0.25, 0.3) is 0 Å². The van der Waals surface area contributed by atoms with E-state index in [9.17, 15) is 18.0 Å². The van der Waals surface area contributed by atoms with Crippen LogP contribution in [0, 0.1) is 20.8 Å². The molecule has 3 aromatic carbocycles. The van der Waals surface area contributed by atoms with Gasteiger partial charge >= 0.3 is 12.4 Å². The number of urea groups is 1. The zero-order chi connectivity index (χ0) is 33.3. The second kappa shape index (κ2) is 13.4. The van der Waals surface area contributed by atoms with Crippen molar-refractivity contribution in [3.8, 4) is 22.8 Å². The first-order valence-corrected chi connectivity index (χ1v) is 16.7. The number of carbonyl (C=O) groups excluding carboxylic acids is 1. The first-order chi connectivity index (χ1) is 22.4. The number of aromatic nitrogens is 3. The fourth-order valence-corrected chi connectivity index (χ4v) is 7.87. The predicted molar refractivity (Wildman–Crippen MR) is 179 cm³/mol. The van der Waals surface area contributed by atoms with Crippen molar-refractivity contribution in [3.05, 3.63) is 89.2 Å². The Morgan fingerprint density at radius 3 is 2.38 bits per heavy atom. The molecule has 47 heavy (non-hydrogen) atoms. The molecule has 3 unspecified atom stereocenters. The Kier molecular flexibility index (Phi) is 9.32. The molecule has 0 radical (unpaired) electrons. The van der Waals surface area contributed by atoms with Crippen molar-refractivity contribution in [2.45, 2.75) is 77.7 Å². The number of nitrogens with one attached hydrogen (secondary N) is 1. The molecule has 1 N–H and O–H groups in total. The molecule has 8 nitrogen and oxygen atoms in total. The number of amidine groups is 1. The average Bonchev–Trinajstić information content (AvgIpc) is 3.68. The summed E-state index contributed by atoms with van der Waals surface area (Å²) in [5, 5.41) is 8.47. The van der Waals surface area contributed by atoms with E-state index in [0.29, 0.717) is 11.5 Å². The van der Waals surface area contributed by atoms with Gasteiger partial charge in [0.2, 0.25) is 0 Å². The maximum absolute atomic E-state index is 13.4. The van der Waals surface area contributed by atoms with E-state index < -0.39 is 6.36 Å². The number of rotatable bonds is 6. The standard InChI is InChI=1S/C35H37F3N6O2S/c1-21-18-22(2)31(23(3)19-21)44-24(4)16-17-47-34(44)41-33(45)40-30-7-5-6-29(30)25-8-10-26(11-9-25)32-39-20-43(42-32)27-12-14-28(15-13-27)46-35(36,37)38/h8-15,18-20,24,29-30H,5-7,16-17H2,1-4H3,(H,40,45). The Bertz CT molecular complexity index is 1750. The summed E-state index contributed by atoms with van der Waals surface area (Å²) in [6, 6.07) is 17.7. The minimum Gasteiger partial charge on any atom is -0.406 e. The lowest BCUT2D eigenvalue weighted by atomic mass is 9.93. The van der Waals surface area contributed by atoms with Crippen molar-refractivity contribution < 1.29 is 22.7 Å². The molecule has 1 aromatic heterocycles. The molecule has 2 amide bonds. The van der Waals surface area contributed by atoms with Crippen LogP contribution in [0.2, 0.25) is 0 Å². The number of amides is 2. The molecule has 1 saturated carbocycles. The van der Waals surface area contributed by atoms with Crippen molar-refractivity contribution >= 4 is 28.6 Å². The monoisotopic (exact) mass is 662 g/mol. The van der Waals surface area contributed by atoms with Crippen LogP contribution >= 0.6 is 11.8 Å². The molecule has 12 heteroatoms. The highest BCUT2D eigenvalue weighted by atomic mass is 32.2. The highest BCUT2D eigenvalue weighted by Crippen LogP contribution is 2.37. The van der Waals surface area contributed by atoms with Crippen molar-refractivity contribution in [2.24, 2.45) is 4.99 Å². The summed E-state index contributed by atoms with van der Waals surface area (Å²) in [4.78, 5) is 24.6. The van der Waals surface area contributed by atoms with Gasteiger partial charge in [-0.15, -0.1) is 18.3 Å². The third kappa shape index (κ3) is 7.48. The third-order valence-electron chi connectivity index (χ3n) is 8.74. The van der Waals surface area contributed by atoms with Crippen LogP contribution in [-0.2, 0) is 0 Å². The molecule has 2 aliphatic rings. The zero-order valence-corrected chi connectivity index (χ0v) is 27.5. The van der Waals surface area contributed by atoms with E-state index >= 15 is 0 Å². The molecule has 4 aromatic rings. The Morgan fingerprint density at radius 2 is 1.70 bits per heavy atom. The molecule has 3 atom stereocenters. The largest absolute Gasteiger partial charge is 0.573 e. The molecule has 1 saturated heterocycles. The maximum Gasteiger partial charge on any atom is 0.573 e. The average molecular weight is 663 g/mol. The number of aryl methyl sites for hydroxylation is 3. The normalized spacial score (nSPS) is 20.9. The topological polar surface area (TPSA) is 84.6 Å². The van der Waals surface area contributed by atoms with Gasteiger partial charge in [0.05, 0.1) is 5.69 Å². The van der Waals surface area contributed by atoms with Gasteiger partial charge in [0, 0.05) is 35.0 Å². The lowest BCUT2D eigenvalue weighted by Gasteiger charge is -2.37. The van der Waals surface area contributed by atoms with Crippen LogP contribution in [0.15, 0.2) is 72.0 Å². The highest BCUT2D eigenvalue weighted by Gasteiger charge is 2.33. The molecule has 2 heterocycles. The van der Waals surface area contributed by atoms with Gasteiger partial charge < -0.3 is 15.0 Å². The number of hydrogen-bond acceptors (Lipinski definition) is 5. The van der Waals surface area contributed by atoms with Crippen LogP contribution in [0.1, 0.15) is 60.8 Å². The summed E-state index contributed by atoms with van der Waals surface area (Å²) in [7, 11) is 0. The first-order valence-electron chi connectivity index (χ1n) is 15.7. The summed E-state index contributed by atoms with van der Waals surface area (Å²) >= 11 is 1.63. The number of anilines is 1. The summed E-state index contributed by atoms with van der Waals surface area (Å²) in [5.41, 5.74) is 7.19. The Labute approximate surface area is 276 Å². The van der Waals surface area contributed by atoms with Crippen molar-refractivity contribution in [2.75, 3.05) is 10.7 Å². The fraction of sp³-hybridized carbons (Fsp3) is 0.371. The van der Waals surface area contributed by atoms with Crippen LogP contribution in [0.4, 0.5) is 23.7 Å². The number of carbonyl (C=O) groups is 1. The predicted octanol–water partition coefficient (Wildman–Crippen LogP) is 8.49. The van der Waals surface area contributed by atoms with E-state index in [0.717, 1.165) is 53.4 Å². The van der Waals surface area contributed by atoms with E-state index in [1.807, 2.05) is 24.3 Å². The Hall–Kier alpha value is -4.32. The maximum atomic E-state index is 13.4. The minimum absolute atomic E-state index is 0.0263. The van der Waals surface area contributed by atoms with Gasteiger partial charge in [0.1, 0.15) is 12.1 Å². The third-order valence-corrected chi connectivity index (χ3v) is 9.72. The van der Waals surface area contributed by atoms with Crippen LogP contribution in [-0.4, -0.2) is 50.2 Å². The lowest BCUT2D eigenvalue weighted by molar-refractivity contribution is -0.274. The Balaban J connectivity index is 1.13. The molecule has 0 spiro atoms. The van der Waals surface area contributed by atoms with E-state index in [4.69, 9.17) is 0 Å². The number of alkyl halides is 3. The number of ether oxygens (including phenoxy) is 1. The highest BCUT2D eigenvalue weighted by molar-refractivity contribution is 8.14. The molecular weight excluding hydrogens is 625 g/mol. The van der Waals surface area contributed by atoms with E-state index in [2.05, 4.69) is 69.9 Å². The van der Waals surface area contributed by atoms with Crippen molar-refractivity contribution in [1.29, 1.82) is 0 Å². The molecule has 0 bridgehead atoms. The fourth-order valence-electron chi connectivity index (χ4n) is 6.67. The number of nitrogens with zero attached hydrogens (tertiary/aromatic N) is 5. The zero-order valence-electron chi connectivity index (χ0n) is 26.7. The number of aliphatic imine (C=N–C) groups is 1. The number of thioether (sulfide) groups is 1. The van der Waals surface area contributed by atoms with Crippen LogP contribution in [0.5, 0.6) is 5.75 Å². The van der Waals surface area contributed by atoms with Crippen LogP contribution in [0.3, 0.4) is 0 Å². The summed E-state index contributed by atoms with van der Waals surface area (Å²) in [6.45, 7) is 8.53. The SMILES string of the molecule is Cc1cc(C)c(N2C(=NC(=O)NC3CCCC3c3ccc(-c4ncn(-c5ccc(OC(F)(F)F)cc5)n4)cc3)SCCC2C)c(C)c1. The van der Waals surface area contributed by atoms with Gasteiger partial charge in [-0.05, 0) is 87.9 Å². The molecular formula is C35H37F3N6O2S. The number of benzene rings is 3. The minimum atomic E-state index is -4.75. The summed E-state index contributed by atoms with van der Waals surface area (Å²) in [5.74, 6) is 1.26. The molecule has 2 fully saturated rings. The molecule has 1 aliphatic carbocycles. The molecule has 6 rings (SSSR count). The van der Waals surface area contributed by atoms with E-state index in [1.54, 1.807) is 11.8 Å². The molecule has 246 valence electrons. The lowest BCUT2D eigenvalue weighted by Crippen LogP contribution is -2.43. The van der Waals surface area contributed by atoms with E-state index in [-0.39, 0.29) is 29.8 Å². The number of hydrogen-bond donors (Lipinski definition) is 1. The van der Waals surface area contributed by atoms with Crippen LogP contribution < -0.4 is 15.0 Å².